The molecule has 122 valence electrons. The van der Waals surface area contributed by atoms with Gasteiger partial charge in [0.2, 0.25) is 5.95 Å². The summed E-state index contributed by atoms with van der Waals surface area (Å²) in [5, 5.41) is 14.2. The minimum Gasteiger partial charge on any atom is -0.486 e. The third-order valence-corrected chi connectivity index (χ3v) is 3.18. The fourth-order valence-electron chi connectivity index (χ4n) is 2.12. The van der Waals surface area contributed by atoms with E-state index in [1.54, 1.807) is 13.3 Å². The first-order valence-corrected chi connectivity index (χ1v) is 7.44. The van der Waals surface area contributed by atoms with E-state index in [0.29, 0.717) is 31.6 Å². The van der Waals surface area contributed by atoms with Gasteiger partial charge in [-0.25, -0.2) is 0 Å². The Kier molecular flexibility index (Phi) is 5.05. The molecule has 2 N–H and O–H groups in total. The highest BCUT2D eigenvalue weighted by Crippen LogP contribution is 2.33. The van der Waals surface area contributed by atoms with Gasteiger partial charge < -0.3 is 24.8 Å². The lowest BCUT2D eigenvalue weighted by Gasteiger charge is -2.19. The Morgan fingerprint density at radius 1 is 1.22 bits per heavy atom. The van der Waals surface area contributed by atoms with Gasteiger partial charge in [-0.15, -0.1) is 5.10 Å². The molecule has 1 aliphatic rings. The first-order valence-electron chi connectivity index (χ1n) is 7.44. The fraction of sp³-hybridized carbons (Fsp3) is 0.400. The van der Waals surface area contributed by atoms with Gasteiger partial charge in [0.05, 0.1) is 6.20 Å². The Labute approximate surface area is 134 Å². The zero-order chi connectivity index (χ0) is 15.9. The normalized spacial score (nSPS) is 12.7. The van der Waals surface area contributed by atoms with Gasteiger partial charge in [0.1, 0.15) is 13.2 Å². The quantitative estimate of drug-likeness (QED) is 0.748. The molecule has 1 aromatic carbocycles. The van der Waals surface area contributed by atoms with Gasteiger partial charge in [-0.3, -0.25) is 0 Å². The van der Waals surface area contributed by atoms with Gasteiger partial charge in [-0.05, 0) is 18.6 Å². The van der Waals surface area contributed by atoms with Crippen LogP contribution in [-0.2, 0) is 4.74 Å². The lowest BCUT2D eigenvalue weighted by molar-refractivity contribution is 0.171. The van der Waals surface area contributed by atoms with E-state index < -0.39 is 0 Å². The highest BCUT2D eigenvalue weighted by Gasteiger charge is 2.12. The topological polar surface area (TPSA) is 90.4 Å². The standard InChI is InChI=1S/C15H19N5O3/c1-21-6-2-5-16-15-19-14(10-17-20-15)18-11-3-4-12-13(9-11)23-8-7-22-12/h3-4,9-10H,2,5-8H2,1H3,(H2,16,18,19,20). The number of rotatable bonds is 7. The van der Waals surface area contributed by atoms with E-state index in [0.717, 1.165) is 30.2 Å². The predicted octanol–water partition coefficient (Wildman–Crippen LogP) is 1.83. The molecule has 0 aliphatic carbocycles. The number of hydrogen-bond acceptors (Lipinski definition) is 8. The number of benzene rings is 1. The third-order valence-electron chi connectivity index (χ3n) is 3.18. The molecule has 0 fully saturated rings. The van der Waals surface area contributed by atoms with Crippen LogP contribution in [0.1, 0.15) is 6.42 Å². The van der Waals surface area contributed by atoms with Crippen molar-refractivity contribution in [1.82, 2.24) is 15.2 Å². The van der Waals surface area contributed by atoms with Crippen molar-refractivity contribution in [2.75, 3.05) is 44.1 Å². The minimum atomic E-state index is 0.476. The summed E-state index contributed by atoms with van der Waals surface area (Å²) in [4.78, 5) is 4.37. The Balaban J connectivity index is 1.63. The molecular weight excluding hydrogens is 298 g/mol. The average Bonchev–Trinajstić information content (AvgIpc) is 2.59. The Morgan fingerprint density at radius 2 is 2.09 bits per heavy atom. The molecule has 0 spiro atoms. The number of hydrogen-bond donors (Lipinski definition) is 2. The van der Waals surface area contributed by atoms with Gasteiger partial charge in [0.25, 0.3) is 0 Å². The van der Waals surface area contributed by atoms with Crippen LogP contribution in [0.5, 0.6) is 11.5 Å². The van der Waals surface area contributed by atoms with Crippen LogP contribution in [0, 0.1) is 0 Å². The first-order chi connectivity index (χ1) is 11.3. The van der Waals surface area contributed by atoms with Crippen molar-refractivity contribution in [1.29, 1.82) is 0 Å². The van der Waals surface area contributed by atoms with E-state index >= 15 is 0 Å². The molecule has 2 heterocycles. The number of ether oxygens (including phenoxy) is 3. The van der Waals surface area contributed by atoms with Gasteiger partial charge in [-0.1, -0.05) is 0 Å². The summed E-state index contributed by atoms with van der Waals surface area (Å²) in [7, 11) is 1.68. The minimum absolute atomic E-state index is 0.476. The van der Waals surface area contributed by atoms with Crippen molar-refractivity contribution >= 4 is 17.5 Å². The molecule has 2 aromatic rings. The van der Waals surface area contributed by atoms with E-state index in [1.807, 2.05) is 18.2 Å². The van der Waals surface area contributed by atoms with E-state index in [-0.39, 0.29) is 0 Å². The largest absolute Gasteiger partial charge is 0.486 e. The van der Waals surface area contributed by atoms with Crippen molar-refractivity contribution in [3.63, 3.8) is 0 Å². The zero-order valence-corrected chi connectivity index (χ0v) is 12.9. The lowest BCUT2D eigenvalue weighted by atomic mass is 10.2. The summed E-state index contributed by atoms with van der Waals surface area (Å²) in [6.45, 7) is 2.55. The number of nitrogens with one attached hydrogen (secondary N) is 2. The average molecular weight is 317 g/mol. The van der Waals surface area contributed by atoms with Crippen LogP contribution in [0.25, 0.3) is 0 Å². The van der Waals surface area contributed by atoms with Crippen LogP contribution in [0.4, 0.5) is 17.5 Å². The highest BCUT2D eigenvalue weighted by atomic mass is 16.6. The van der Waals surface area contributed by atoms with Gasteiger partial charge in [0.15, 0.2) is 17.3 Å². The molecule has 0 radical (unpaired) electrons. The molecule has 8 heteroatoms. The van der Waals surface area contributed by atoms with E-state index in [1.165, 1.54) is 0 Å². The molecule has 1 aliphatic heterocycles. The monoisotopic (exact) mass is 317 g/mol. The molecule has 0 unspecified atom stereocenters. The summed E-state index contributed by atoms with van der Waals surface area (Å²) in [6.07, 6.45) is 2.44. The number of anilines is 3. The SMILES string of the molecule is COCCCNc1nncc(Nc2ccc3c(c2)OCCO3)n1. The molecular formula is C15H19N5O3. The third kappa shape index (κ3) is 4.19. The second kappa shape index (κ2) is 7.59. The molecule has 8 nitrogen and oxygen atoms in total. The number of aromatic nitrogens is 3. The second-order valence-electron chi connectivity index (χ2n) is 4.92. The smallest absolute Gasteiger partial charge is 0.244 e. The Bertz CT molecular complexity index is 653. The van der Waals surface area contributed by atoms with Gasteiger partial charge >= 0.3 is 0 Å². The molecule has 0 amide bonds. The van der Waals surface area contributed by atoms with Crippen molar-refractivity contribution in [2.45, 2.75) is 6.42 Å². The maximum absolute atomic E-state index is 5.56. The maximum atomic E-state index is 5.56. The van der Waals surface area contributed by atoms with Crippen LogP contribution in [0.15, 0.2) is 24.4 Å². The summed E-state index contributed by atoms with van der Waals surface area (Å²) in [5.41, 5.74) is 0.847. The molecule has 0 saturated carbocycles. The molecule has 0 bridgehead atoms. The molecule has 1 aromatic heterocycles. The lowest BCUT2D eigenvalue weighted by Crippen LogP contribution is -2.15. The molecule has 0 atom stereocenters. The number of nitrogens with zero attached hydrogens (tertiary/aromatic N) is 3. The Hall–Kier alpha value is -2.61. The van der Waals surface area contributed by atoms with E-state index in [9.17, 15) is 0 Å². The van der Waals surface area contributed by atoms with Crippen LogP contribution in [0.2, 0.25) is 0 Å². The van der Waals surface area contributed by atoms with Crippen molar-refractivity contribution in [3.05, 3.63) is 24.4 Å². The maximum Gasteiger partial charge on any atom is 0.244 e. The Morgan fingerprint density at radius 3 is 2.96 bits per heavy atom. The van der Waals surface area contributed by atoms with Gasteiger partial charge in [-0.2, -0.15) is 10.1 Å². The fourth-order valence-corrected chi connectivity index (χ4v) is 2.12. The number of fused-ring (bicyclic) bond motifs is 1. The van der Waals surface area contributed by atoms with E-state index in [4.69, 9.17) is 14.2 Å². The summed E-state index contributed by atoms with van der Waals surface area (Å²) >= 11 is 0. The predicted molar refractivity (Wildman–Crippen MR) is 85.5 cm³/mol. The molecule has 23 heavy (non-hydrogen) atoms. The van der Waals surface area contributed by atoms with E-state index in [2.05, 4.69) is 25.8 Å². The molecule has 0 saturated heterocycles. The molecule has 3 rings (SSSR count). The van der Waals surface area contributed by atoms with Crippen LogP contribution >= 0.6 is 0 Å². The van der Waals surface area contributed by atoms with Gasteiger partial charge in [0, 0.05) is 32.0 Å². The zero-order valence-electron chi connectivity index (χ0n) is 12.9. The van der Waals surface area contributed by atoms with Crippen LogP contribution < -0.4 is 20.1 Å². The van der Waals surface area contributed by atoms with Crippen molar-refractivity contribution in [3.8, 4) is 11.5 Å². The summed E-state index contributed by atoms with van der Waals surface area (Å²) in [5.74, 6) is 2.55. The van der Waals surface area contributed by atoms with Crippen molar-refractivity contribution < 1.29 is 14.2 Å². The summed E-state index contributed by atoms with van der Waals surface area (Å²) < 4.78 is 16.1. The highest BCUT2D eigenvalue weighted by molar-refractivity contribution is 5.61. The van der Waals surface area contributed by atoms with Crippen molar-refractivity contribution in [2.24, 2.45) is 0 Å². The van der Waals surface area contributed by atoms with Crippen LogP contribution in [-0.4, -0.2) is 48.7 Å². The van der Waals surface area contributed by atoms with Crippen LogP contribution in [0.3, 0.4) is 0 Å². The first kappa shape index (κ1) is 15.3. The summed E-state index contributed by atoms with van der Waals surface area (Å²) in [6, 6.07) is 5.65. The number of methoxy groups -OCH3 is 1. The second-order valence-corrected chi connectivity index (χ2v) is 4.92.